The molecule has 0 radical (unpaired) electrons. The summed E-state index contributed by atoms with van der Waals surface area (Å²) in [6.45, 7) is 8.03. The first-order valence-electron chi connectivity index (χ1n) is 8.19. The van der Waals surface area contributed by atoms with Crippen LogP contribution in [0.1, 0.15) is 19.4 Å². The zero-order valence-corrected chi connectivity index (χ0v) is 16.3. The van der Waals surface area contributed by atoms with E-state index >= 15 is 0 Å². The number of carbonyl (C=O) groups is 1. The van der Waals surface area contributed by atoms with Crippen molar-refractivity contribution in [3.05, 3.63) is 76.3 Å². The molecule has 1 heterocycles. The lowest BCUT2D eigenvalue weighted by Gasteiger charge is -2.12. The molecular weight excluding hydrogens is 392 g/mol. The molecule has 0 saturated carbocycles. The van der Waals surface area contributed by atoms with Crippen molar-refractivity contribution in [2.75, 3.05) is 11.6 Å². The number of para-hydroxylation sites is 1. The highest BCUT2D eigenvalue weighted by Crippen LogP contribution is 2.29. The number of hydrogen-bond acceptors (Lipinski definition) is 3. The minimum absolute atomic E-state index is 0.153. The number of benzene rings is 2. The van der Waals surface area contributed by atoms with E-state index in [0.717, 1.165) is 21.3 Å². The van der Waals surface area contributed by atoms with Crippen LogP contribution in [-0.4, -0.2) is 18.2 Å². The van der Waals surface area contributed by atoms with E-state index in [1.54, 1.807) is 0 Å². The Labute approximate surface area is 161 Å². The van der Waals surface area contributed by atoms with Crippen molar-refractivity contribution in [2.45, 2.75) is 13.8 Å². The summed E-state index contributed by atoms with van der Waals surface area (Å²) >= 11 is 3.48. The van der Waals surface area contributed by atoms with Crippen LogP contribution in [0.5, 0.6) is 5.75 Å². The number of anilines is 1. The van der Waals surface area contributed by atoms with Gasteiger partial charge in [0, 0.05) is 10.0 Å². The molecule has 3 rings (SSSR count). The largest absolute Gasteiger partial charge is 0.489 e. The number of rotatable bonds is 5. The standard InChI is InChI=1S/C21H19BrN2O2/c1-14(2)13-26-20-10-9-17(22)11-16(20)12-19-15(3)23-24(21(19)25)18-7-5-4-6-8-18/h4-12H,1,13H2,2-3H3/b19-12+. The van der Waals surface area contributed by atoms with E-state index in [1.165, 1.54) is 5.01 Å². The van der Waals surface area contributed by atoms with Gasteiger partial charge in [-0.2, -0.15) is 10.1 Å². The number of nitrogens with zero attached hydrogens (tertiary/aromatic N) is 2. The molecule has 26 heavy (non-hydrogen) atoms. The monoisotopic (exact) mass is 410 g/mol. The third-order valence-corrected chi connectivity index (χ3v) is 4.30. The predicted octanol–water partition coefficient (Wildman–Crippen LogP) is 5.21. The summed E-state index contributed by atoms with van der Waals surface area (Å²) in [6, 6.07) is 15.1. The summed E-state index contributed by atoms with van der Waals surface area (Å²) in [5.41, 5.74) is 3.70. The molecule has 0 N–H and O–H groups in total. The molecule has 0 aromatic heterocycles. The quantitative estimate of drug-likeness (QED) is 0.501. The molecule has 1 aliphatic rings. The lowest BCUT2D eigenvalue weighted by molar-refractivity contribution is -0.114. The Balaban J connectivity index is 1.95. The predicted molar refractivity (Wildman–Crippen MR) is 109 cm³/mol. The van der Waals surface area contributed by atoms with Gasteiger partial charge in [0.25, 0.3) is 5.91 Å². The van der Waals surface area contributed by atoms with Crippen molar-refractivity contribution in [3.63, 3.8) is 0 Å². The van der Waals surface area contributed by atoms with Crippen LogP contribution in [0.4, 0.5) is 5.69 Å². The molecule has 2 aromatic carbocycles. The van der Waals surface area contributed by atoms with Crippen LogP contribution < -0.4 is 9.75 Å². The molecular formula is C21H19BrN2O2. The van der Waals surface area contributed by atoms with E-state index in [9.17, 15) is 4.79 Å². The summed E-state index contributed by atoms with van der Waals surface area (Å²) in [5.74, 6) is 0.544. The lowest BCUT2D eigenvalue weighted by Crippen LogP contribution is -2.21. The first kappa shape index (κ1) is 18.1. The third kappa shape index (κ3) is 3.94. The number of carbonyl (C=O) groups excluding carboxylic acids is 1. The molecule has 1 amide bonds. The lowest BCUT2D eigenvalue weighted by atomic mass is 10.1. The van der Waals surface area contributed by atoms with Crippen molar-refractivity contribution in [3.8, 4) is 5.75 Å². The summed E-state index contributed by atoms with van der Waals surface area (Å²) in [5, 5.41) is 5.83. The van der Waals surface area contributed by atoms with Crippen molar-refractivity contribution in [2.24, 2.45) is 5.10 Å². The summed E-state index contributed by atoms with van der Waals surface area (Å²) < 4.78 is 6.73. The van der Waals surface area contributed by atoms with Crippen LogP contribution >= 0.6 is 15.9 Å². The number of hydrazone groups is 1. The molecule has 0 bridgehead atoms. The zero-order chi connectivity index (χ0) is 18.7. The number of ether oxygens (including phenoxy) is 1. The Kier molecular flexibility index (Phi) is 5.38. The maximum absolute atomic E-state index is 12.9. The molecule has 0 unspecified atom stereocenters. The van der Waals surface area contributed by atoms with Crippen LogP contribution in [0, 0.1) is 0 Å². The highest BCUT2D eigenvalue weighted by molar-refractivity contribution is 9.10. The van der Waals surface area contributed by atoms with Crippen LogP contribution in [-0.2, 0) is 4.79 Å². The fourth-order valence-electron chi connectivity index (χ4n) is 2.55. The first-order chi connectivity index (χ1) is 12.5. The van der Waals surface area contributed by atoms with Crippen LogP contribution in [0.3, 0.4) is 0 Å². The summed E-state index contributed by atoms with van der Waals surface area (Å²) in [7, 11) is 0. The fourth-order valence-corrected chi connectivity index (χ4v) is 2.93. The van der Waals surface area contributed by atoms with Gasteiger partial charge in [-0.15, -0.1) is 0 Å². The van der Waals surface area contributed by atoms with Crippen molar-refractivity contribution in [1.29, 1.82) is 0 Å². The molecule has 0 fully saturated rings. The van der Waals surface area contributed by atoms with Gasteiger partial charge in [0.05, 0.1) is 17.0 Å². The highest BCUT2D eigenvalue weighted by Gasteiger charge is 2.28. The molecule has 1 aliphatic heterocycles. The van der Waals surface area contributed by atoms with Crippen molar-refractivity contribution < 1.29 is 9.53 Å². The number of halogens is 1. The Morgan fingerprint density at radius 2 is 2.00 bits per heavy atom. The van der Waals surface area contributed by atoms with E-state index in [0.29, 0.717) is 23.6 Å². The Hall–Kier alpha value is -2.66. The van der Waals surface area contributed by atoms with Gasteiger partial charge < -0.3 is 4.74 Å². The normalized spacial score (nSPS) is 15.3. The molecule has 0 atom stereocenters. The van der Waals surface area contributed by atoms with E-state index in [4.69, 9.17) is 4.74 Å². The minimum atomic E-state index is -0.153. The average molecular weight is 411 g/mol. The zero-order valence-electron chi connectivity index (χ0n) is 14.7. The second kappa shape index (κ2) is 7.70. The molecule has 5 heteroatoms. The SMILES string of the molecule is C=C(C)COc1ccc(Br)cc1/C=C1/C(=O)N(c2ccccc2)N=C1C. The van der Waals surface area contributed by atoms with Crippen LogP contribution in [0.15, 0.2) is 75.8 Å². The van der Waals surface area contributed by atoms with Gasteiger partial charge in [-0.05, 0) is 55.8 Å². The summed E-state index contributed by atoms with van der Waals surface area (Å²) in [4.78, 5) is 12.9. The third-order valence-electron chi connectivity index (χ3n) is 3.81. The Morgan fingerprint density at radius 3 is 2.69 bits per heavy atom. The first-order valence-corrected chi connectivity index (χ1v) is 8.98. The molecule has 0 saturated heterocycles. The second-order valence-electron chi connectivity index (χ2n) is 6.12. The number of hydrogen-bond donors (Lipinski definition) is 0. The second-order valence-corrected chi connectivity index (χ2v) is 7.04. The highest BCUT2D eigenvalue weighted by atomic mass is 79.9. The van der Waals surface area contributed by atoms with Gasteiger partial charge in [0.15, 0.2) is 0 Å². The van der Waals surface area contributed by atoms with E-state index in [1.807, 2.05) is 68.5 Å². The molecule has 132 valence electrons. The van der Waals surface area contributed by atoms with Gasteiger partial charge in [0.1, 0.15) is 12.4 Å². The van der Waals surface area contributed by atoms with E-state index < -0.39 is 0 Å². The van der Waals surface area contributed by atoms with Crippen molar-refractivity contribution >= 4 is 39.3 Å². The van der Waals surface area contributed by atoms with Gasteiger partial charge in [0.2, 0.25) is 0 Å². The van der Waals surface area contributed by atoms with Gasteiger partial charge in [-0.3, -0.25) is 4.79 Å². The van der Waals surface area contributed by atoms with Gasteiger partial charge in [-0.25, -0.2) is 0 Å². The van der Waals surface area contributed by atoms with Gasteiger partial charge >= 0.3 is 0 Å². The Morgan fingerprint density at radius 1 is 1.27 bits per heavy atom. The van der Waals surface area contributed by atoms with Crippen LogP contribution in [0.25, 0.3) is 6.08 Å². The average Bonchev–Trinajstić information content (AvgIpc) is 2.90. The van der Waals surface area contributed by atoms with Crippen molar-refractivity contribution in [1.82, 2.24) is 0 Å². The smallest absolute Gasteiger partial charge is 0.280 e. The molecule has 0 spiro atoms. The molecule has 4 nitrogen and oxygen atoms in total. The number of amides is 1. The Bertz CT molecular complexity index is 917. The molecule has 2 aromatic rings. The van der Waals surface area contributed by atoms with Crippen LogP contribution in [0.2, 0.25) is 0 Å². The minimum Gasteiger partial charge on any atom is -0.489 e. The topological polar surface area (TPSA) is 41.9 Å². The fraction of sp³-hybridized carbons (Fsp3) is 0.143. The van der Waals surface area contributed by atoms with E-state index in [2.05, 4.69) is 27.6 Å². The van der Waals surface area contributed by atoms with Gasteiger partial charge in [-0.1, -0.05) is 40.7 Å². The molecule has 0 aliphatic carbocycles. The van der Waals surface area contributed by atoms with E-state index in [-0.39, 0.29) is 5.91 Å². The maximum Gasteiger partial charge on any atom is 0.280 e. The maximum atomic E-state index is 12.9. The summed E-state index contributed by atoms with van der Waals surface area (Å²) in [6.07, 6.45) is 1.82.